The van der Waals surface area contributed by atoms with Gasteiger partial charge >= 0.3 is 0 Å². The minimum absolute atomic E-state index is 0.0791. The maximum atomic E-state index is 12.8. The Morgan fingerprint density at radius 2 is 1.83 bits per heavy atom. The first kappa shape index (κ1) is 21.0. The molecule has 0 saturated carbocycles. The minimum Gasteiger partial charge on any atom is -0.484 e. The molecule has 2 aromatic carbocycles. The van der Waals surface area contributed by atoms with Gasteiger partial charge in [0.1, 0.15) is 18.1 Å². The number of nitrogens with zero attached hydrogens (tertiary/aromatic N) is 2. The molecule has 7 heteroatoms. The van der Waals surface area contributed by atoms with E-state index < -0.39 is 0 Å². The predicted molar refractivity (Wildman–Crippen MR) is 120 cm³/mol. The van der Waals surface area contributed by atoms with Crippen LogP contribution in [0.25, 0.3) is 0 Å². The van der Waals surface area contributed by atoms with Crippen molar-refractivity contribution < 1.29 is 13.9 Å². The van der Waals surface area contributed by atoms with Crippen molar-refractivity contribution in [3.63, 3.8) is 0 Å². The molecule has 156 valence electrons. The molecule has 1 amide bonds. The highest BCUT2D eigenvalue weighted by atomic mass is 79.9. The van der Waals surface area contributed by atoms with Gasteiger partial charge in [-0.1, -0.05) is 35.9 Å². The Hall–Kier alpha value is -2.28. The second-order valence-electron chi connectivity index (χ2n) is 7.18. The highest BCUT2D eigenvalue weighted by Gasteiger charge is 2.24. The Morgan fingerprint density at radius 1 is 1.03 bits per heavy atom. The van der Waals surface area contributed by atoms with Crippen LogP contribution in [-0.2, 0) is 13.2 Å². The first-order chi connectivity index (χ1) is 14.6. The average Bonchev–Trinajstić information content (AvgIpc) is 3.22. The lowest BCUT2D eigenvalue weighted by molar-refractivity contribution is 0.0594. The van der Waals surface area contributed by atoms with Crippen molar-refractivity contribution in [2.75, 3.05) is 26.2 Å². The number of amides is 1. The van der Waals surface area contributed by atoms with Gasteiger partial charge in [0.15, 0.2) is 5.76 Å². The first-order valence-corrected chi connectivity index (χ1v) is 11.0. The standard InChI is InChI=1S/C23H22BrClN2O3/c24-20-6-1-2-7-21(20)29-16-19-8-9-22(30-19)23(28)27-12-10-26(11-13-27)15-17-4-3-5-18(25)14-17/h1-9,14H,10-13,15-16H2. The molecule has 30 heavy (non-hydrogen) atoms. The Labute approximate surface area is 189 Å². The van der Waals surface area contributed by atoms with E-state index in [2.05, 4.69) is 26.9 Å². The summed E-state index contributed by atoms with van der Waals surface area (Å²) >= 11 is 9.52. The number of hydrogen-bond acceptors (Lipinski definition) is 4. The van der Waals surface area contributed by atoms with E-state index in [9.17, 15) is 4.79 Å². The van der Waals surface area contributed by atoms with E-state index in [0.717, 1.165) is 34.9 Å². The van der Waals surface area contributed by atoms with Crippen LogP contribution in [-0.4, -0.2) is 41.9 Å². The third kappa shape index (κ3) is 5.25. The third-order valence-corrected chi connectivity index (χ3v) is 5.92. The number of piperazine rings is 1. The summed E-state index contributed by atoms with van der Waals surface area (Å²) in [4.78, 5) is 17.0. The first-order valence-electron chi connectivity index (χ1n) is 9.80. The van der Waals surface area contributed by atoms with Crippen molar-refractivity contribution in [2.24, 2.45) is 0 Å². The van der Waals surface area contributed by atoms with Crippen LogP contribution in [0.2, 0.25) is 5.02 Å². The lowest BCUT2D eigenvalue weighted by Crippen LogP contribution is -2.48. The van der Waals surface area contributed by atoms with Gasteiger partial charge in [-0.2, -0.15) is 0 Å². The second kappa shape index (κ2) is 9.69. The van der Waals surface area contributed by atoms with Crippen molar-refractivity contribution in [1.82, 2.24) is 9.80 Å². The van der Waals surface area contributed by atoms with Crippen molar-refractivity contribution in [1.29, 1.82) is 0 Å². The van der Waals surface area contributed by atoms with E-state index in [1.165, 1.54) is 5.56 Å². The van der Waals surface area contributed by atoms with Crippen LogP contribution < -0.4 is 4.74 Å². The molecule has 0 N–H and O–H groups in total. The zero-order chi connectivity index (χ0) is 20.9. The van der Waals surface area contributed by atoms with Gasteiger partial charge in [0.05, 0.1) is 4.47 Å². The molecule has 0 unspecified atom stereocenters. The molecule has 1 saturated heterocycles. The predicted octanol–water partition coefficient (Wildman–Crippen LogP) is 5.23. The molecule has 5 nitrogen and oxygen atoms in total. The van der Waals surface area contributed by atoms with Gasteiger partial charge in [0, 0.05) is 37.7 Å². The molecule has 1 aliphatic rings. The van der Waals surface area contributed by atoms with Gasteiger partial charge in [0.25, 0.3) is 5.91 Å². The molecule has 1 aromatic heterocycles. The topological polar surface area (TPSA) is 45.9 Å². The van der Waals surface area contributed by atoms with E-state index in [1.807, 2.05) is 47.4 Å². The largest absolute Gasteiger partial charge is 0.484 e. The summed E-state index contributed by atoms with van der Waals surface area (Å²) in [6, 6.07) is 19.0. The fourth-order valence-electron chi connectivity index (χ4n) is 3.44. The number of ether oxygens (including phenoxy) is 1. The molecule has 0 bridgehead atoms. The van der Waals surface area contributed by atoms with Crippen LogP contribution >= 0.6 is 27.5 Å². The minimum atomic E-state index is -0.0791. The van der Waals surface area contributed by atoms with Crippen LogP contribution in [0.5, 0.6) is 5.75 Å². The van der Waals surface area contributed by atoms with E-state index in [4.69, 9.17) is 20.8 Å². The highest BCUT2D eigenvalue weighted by molar-refractivity contribution is 9.10. The second-order valence-corrected chi connectivity index (χ2v) is 8.47. The molecule has 1 aliphatic heterocycles. The molecule has 0 aliphatic carbocycles. The van der Waals surface area contributed by atoms with Gasteiger partial charge in [-0.3, -0.25) is 9.69 Å². The average molecular weight is 490 g/mol. The quantitative estimate of drug-likeness (QED) is 0.475. The van der Waals surface area contributed by atoms with Gasteiger partial charge in [-0.05, 0) is 57.9 Å². The lowest BCUT2D eigenvalue weighted by Gasteiger charge is -2.34. The van der Waals surface area contributed by atoms with Crippen LogP contribution in [0.4, 0.5) is 0 Å². The van der Waals surface area contributed by atoms with Gasteiger partial charge < -0.3 is 14.1 Å². The zero-order valence-corrected chi connectivity index (χ0v) is 18.7. The summed E-state index contributed by atoms with van der Waals surface area (Å²) in [6.45, 7) is 4.07. The maximum absolute atomic E-state index is 12.8. The number of carbonyl (C=O) groups excluding carboxylic acids is 1. The number of halogens is 2. The summed E-state index contributed by atoms with van der Waals surface area (Å²) in [6.07, 6.45) is 0. The number of rotatable bonds is 6. The number of hydrogen-bond donors (Lipinski definition) is 0. The van der Waals surface area contributed by atoms with Crippen LogP contribution in [0, 0.1) is 0 Å². The Kier molecular flexibility index (Phi) is 6.77. The summed E-state index contributed by atoms with van der Waals surface area (Å²) < 4.78 is 12.4. The highest BCUT2D eigenvalue weighted by Crippen LogP contribution is 2.25. The summed E-state index contributed by atoms with van der Waals surface area (Å²) in [5.74, 6) is 1.62. The fraction of sp³-hybridized carbons (Fsp3) is 0.261. The van der Waals surface area contributed by atoms with E-state index in [-0.39, 0.29) is 12.5 Å². The Morgan fingerprint density at radius 3 is 2.60 bits per heavy atom. The lowest BCUT2D eigenvalue weighted by atomic mass is 10.2. The van der Waals surface area contributed by atoms with Gasteiger partial charge in [-0.15, -0.1) is 0 Å². The number of furan rings is 1. The van der Waals surface area contributed by atoms with E-state index in [0.29, 0.717) is 24.6 Å². The fourth-order valence-corrected chi connectivity index (χ4v) is 4.05. The molecular weight excluding hydrogens is 468 g/mol. The summed E-state index contributed by atoms with van der Waals surface area (Å²) in [5, 5.41) is 0.749. The van der Waals surface area contributed by atoms with Crippen molar-refractivity contribution >= 4 is 33.4 Å². The smallest absolute Gasteiger partial charge is 0.289 e. The number of benzene rings is 2. The maximum Gasteiger partial charge on any atom is 0.289 e. The van der Waals surface area contributed by atoms with E-state index >= 15 is 0 Å². The van der Waals surface area contributed by atoms with Crippen molar-refractivity contribution in [2.45, 2.75) is 13.2 Å². The van der Waals surface area contributed by atoms with Gasteiger partial charge in [0.2, 0.25) is 0 Å². The molecule has 0 radical (unpaired) electrons. The van der Waals surface area contributed by atoms with E-state index in [1.54, 1.807) is 12.1 Å². The SMILES string of the molecule is O=C(c1ccc(COc2ccccc2Br)o1)N1CCN(Cc2cccc(Cl)c2)CC1. The molecular formula is C23H22BrClN2O3. The van der Waals surface area contributed by atoms with Crippen molar-refractivity contribution in [3.05, 3.63) is 87.2 Å². The molecule has 3 aromatic rings. The van der Waals surface area contributed by atoms with Crippen LogP contribution in [0.15, 0.2) is 69.6 Å². The molecule has 0 atom stereocenters. The normalized spacial score (nSPS) is 14.7. The zero-order valence-electron chi connectivity index (χ0n) is 16.4. The third-order valence-electron chi connectivity index (χ3n) is 5.03. The number of carbonyl (C=O) groups is 1. The molecule has 1 fully saturated rings. The Bertz CT molecular complexity index is 1010. The molecule has 2 heterocycles. The van der Waals surface area contributed by atoms with Gasteiger partial charge in [-0.25, -0.2) is 0 Å². The molecule has 4 rings (SSSR count). The molecule has 0 spiro atoms. The monoisotopic (exact) mass is 488 g/mol. The number of para-hydroxylation sites is 1. The van der Waals surface area contributed by atoms with Crippen LogP contribution in [0.3, 0.4) is 0 Å². The van der Waals surface area contributed by atoms with Crippen molar-refractivity contribution in [3.8, 4) is 5.75 Å². The summed E-state index contributed by atoms with van der Waals surface area (Å²) in [5.41, 5.74) is 1.18. The van der Waals surface area contributed by atoms with Crippen LogP contribution in [0.1, 0.15) is 21.9 Å². The Balaban J connectivity index is 1.29. The summed E-state index contributed by atoms with van der Waals surface area (Å²) in [7, 11) is 0.